The molecule has 2 saturated carbocycles. The molecule has 2 heteroatoms. The van der Waals surface area contributed by atoms with Crippen molar-refractivity contribution in [1.82, 2.24) is 0 Å². The van der Waals surface area contributed by atoms with Crippen LogP contribution in [0.3, 0.4) is 0 Å². The summed E-state index contributed by atoms with van der Waals surface area (Å²) < 4.78 is 6.07. The second kappa shape index (κ2) is 5.16. The quantitative estimate of drug-likeness (QED) is 0.892. The normalized spacial score (nSPS) is 30.6. The van der Waals surface area contributed by atoms with E-state index in [1.165, 1.54) is 36.8 Å². The lowest BCUT2D eigenvalue weighted by atomic mass is 9.89. The van der Waals surface area contributed by atoms with Crippen molar-refractivity contribution in [2.75, 3.05) is 6.61 Å². The molecular formula is C17H25NO. The monoisotopic (exact) mass is 259 g/mol. The maximum Gasteiger partial charge on any atom is 0.122 e. The lowest BCUT2D eigenvalue weighted by Crippen LogP contribution is -2.18. The van der Waals surface area contributed by atoms with Gasteiger partial charge in [-0.2, -0.15) is 0 Å². The van der Waals surface area contributed by atoms with E-state index >= 15 is 0 Å². The van der Waals surface area contributed by atoms with Crippen molar-refractivity contribution in [3.8, 4) is 5.75 Å². The Kier molecular flexibility index (Phi) is 3.53. The highest BCUT2D eigenvalue weighted by molar-refractivity contribution is 5.37. The number of hydrogen-bond donors (Lipinski definition) is 1. The highest BCUT2D eigenvalue weighted by Gasteiger charge is 2.39. The maximum absolute atomic E-state index is 6.07. The van der Waals surface area contributed by atoms with Gasteiger partial charge in [0.05, 0.1) is 6.61 Å². The number of rotatable bonds is 4. The Morgan fingerprint density at radius 3 is 2.74 bits per heavy atom. The number of ether oxygens (including phenoxy) is 1. The zero-order valence-corrected chi connectivity index (χ0v) is 12.1. The molecule has 0 amide bonds. The number of aryl methyl sites for hydroxylation is 1. The molecule has 2 N–H and O–H groups in total. The summed E-state index contributed by atoms with van der Waals surface area (Å²) in [6, 6.07) is 6.42. The Morgan fingerprint density at radius 1 is 1.32 bits per heavy atom. The van der Waals surface area contributed by atoms with Crippen molar-refractivity contribution in [1.29, 1.82) is 0 Å². The van der Waals surface area contributed by atoms with E-state index in [1.54, 1.807) is 0 Å². The maximum atomic E-state index is 6.07. The van der Waals surface area contributed by atoms with Gasteiger partial charge in [-0.15, -0.1) is 0 Å². The molecule has 1 aromatic rings. The third kappa shape index (κ3) is 2.64. The van der Waals surface area contributed by atoms with Crippen LogP contribution in [-0.2, 0) is 0 Å². The fourth-order valence-electron chi connectivity index (χ4n) is 3.90. The van der Waals surface area contributed by atoms with Gasteiger partial charge in [0.25, 0.3) is 0 Å². The van der Waals surface area contributed by atoms with E-state index in [1.807, 2.05) is 6.92 Å². The van der Waals surface area contributed by atoms with Crippen LogP contribution in [0.2, 0.25) is 0 Å². The van der Waals surface area contributed by atoms with Crippen molar-refractivity contribution >= 4 is 0 Å². The van der Waals surface area contributed by atoms with Crippen molar-refractivity contribution in [2.45, 2.75) is 45.6 Å². The summed E-state index contributed by atoms with van der Waals surface area (Å²) in [5, 5.41) is 0. The van der Waals surface area contributed by atoms with Crippen molar-refractivity contribution in [3.05, 3.63) is 29.3 Å². The molecule has 0 heterocycles. The van der Waals surface area contributed by atoms with E-state index in [9.17, 15) is 0 Å². The average molecular weight is 259 g/mol. The molecule has 4 atom stereocenters. The van der Waals surface area contributed by atoms with Gasteiger partial charge in [-0.1, -0.05) is 18.6 Å². The summed E-state index contributed by atoms with van der Waals surface area (Å²) in [4.78, 5) is 0. The Morgan fingerprint density at radius 2 is 2.16 bits per heavy atom. The van der Waals surface area contributed by atoms with Crippen LogP contribution in [-0.4, -0.2) is 6.61 Å². The van der Waals surface area contributed by atoms with Gasteiger partial charge >= 0.3 is 0 Å². The fraction of sp³-hybridized carbons (Fsp3) is 0.647. The smallest absolute Gasteiger partial charge is 0.122 e. The largest absolute Gasteiger partial charge is 0.493 e. The first-order valence-electron chi connectivity index (χ1n) is 7.62. The molecule has 3 unspecified atom stereocenters. The minimum absolute atomic E-state index is 0.0957. The van der Waals surface area contributed by atoms with Gasteiger partial charge in [-0.25, -0.2) is 0 Å². The van der Waals surface area contributed by atoms with Gasteiger partial charge in [0, 0.05) is 6.04 Å². The van der Waals surface area contributed by atoms with Crippen molar-refractivity contribution in [3.63, 3.8) is 0 Å². The first-order valence-corrected chi connectivity index (χ1v) is 7.62. The number of fused-ring (bicyclic) bond motifs is 2. The summed E-state index contributed by atoms with van der Waals surface area (Å²) in [5.74, 6) is 3.77. The lowest BCUT2D eigenvalue weighted by Gasteiger charge is -2.22. The van der Waals surface area contributed by atoms with Crippen LogP contribution in [0.15, 0.2) is 18.2 Å². The first-order chi connectivity index (χ1) is 9.13. The second-order valence-corrected chi connectivity index (χ2v) is 6.56. The van der Waals surface area contributed by atoms with Crippen LogP contribution in [0.5, 0.6) is 5.75 Å². The zero-order valence-electron chi connectivity index (χ0n) is 12.1. The van der Waals surface area contributed by atoms with E-state index in [-0.39, 0.29) is 6.04 Å². The molecule has 0 radical (unpaired) electrons. The van der Waals surface area contributed by atoms with Crippen LogP contribution < -0.4 is 10.5 Å². The minimum Gasteiger partial charge on any atom is -0.493 e. The molecule has 0 aliphatic heterocycles. The molecule has 0 spiro atoms. The average Bonchev–Trinajstić information content (AvgIpc) is 2.99. The van der Waals surface area contributed by atoms with E-state index in [0.717, 1.165) is 30.1 Å². The van der Waals surface area contributed by atoms with Gasteiger partial charge in [0.2, 0.25) is 0 Å². The van der Waals surface area contributed by atoms with E-state index in [2.05, 4.69) is 25.1 Å². The van der Waals surface area contributed by atoms with Gasteiger partial charge in [0.1, 0.15) is 5.75 Å². The summed E-state index contributed by atoms with van der Waals surface area (Å²) >= 11 is 0. The molecule has 104 valence electrons. The number of hydrogen-bond acceptors (Lipinski definition) is 2. The van der Waals surface area contributed by atoms with Crippen LogP contribution >= 0.6 is 0 Å². The van der Waals surface area contributed by atoms with Gasteiger partial charge in [0.15, 0.2) is 0 Å². The predicted molar refractivity (Wildman–Crippen MR) is 78.2 cm³/mol. The molecule has 0 aromatic heterocycles. The first kappa shape index (κ1) is 13.0. The SMILES string of the molecule is Cc1cc([C@H](C)N)ccc1OCC1CC2CCC1C2. The summed E-state index contributed by atoms with van der Waals surface area (Å²) in [7, 11) is 0. The summed E-state index contributed by atoms with van der Waals surface area (Å²) in [6.45, 7) is 5.03. The molecular weight excluding hydrogens is 234 g/mol. The van der Waals surface area contributed by atoms with Gasteiger partial charge in [-0.3, -0.25) is 0 Å². The number of benzene rings is 1. The zero-order chi connectivity index (χ0) is 13.4. The molecule has 2 aliphatic carbocycles. The highest BCUT2D eigenvalue weighted by atomic mass is 16.5. The lowest BCUT2D eigenvalue weighted by molar-refractivity contribution is 0.194. The van der Waals surface area contributed by atoms with E-state index in [0.29, 0.717) is 0 Å². The third-order valence-corrected chi connectivity index (χ3v) is 5.06. The molecule has 0 saturated heterocycles. The Labute approximate surface area is 116 Å². The van der Waals surface area contributed by atoms with E-state index in [4.69, 9.17) is 10.5 Å². The standard InChI is InChI=1S/C17H25NO/c1-11-7-14(12(2)18)5-6-17(11)19-10-16-9-13-3-4-15(16)8-13/h5-7,12-13,15-16H,3-4,8-10,18H2,1-2H3/t12-,13?,15?,16?/m0/s1. The second-order valence-electron chi connectivity index (χ2n) is 6.56. The topological polar surface area (TPSA) is 35.2 Å². The molecule has 3 rings (SSSR count). The summed E-state index contributed by atoms with van der Waals surface area (Å²) in [5.41, 5.74) is 8.30. The Hall–Kier alpha value is -1.02. The van der Waals surface area contributed by atoms with Gasteiger partial charge < -0.3 is 10.5 Å². The van der Waals surface area contributed by atoms with E-state index < -0.39 is 0 Å². The van der Waals surface area contributed by atoms with Crippen LogP contribution in [0.4, 0.5) is 0 Å². The molecule has 2 bridgehead atoms. The Bertz CT molecular complexity index is 455. The van der Waals surface area contributed by atoms with Gasteiger partial charge in [-0.05, 0) is 68.1 Å². The van der Waals surface area contributed by atoms with Crippen molar-refractivity contribution in [2.24, 2.45) is 23.5 Å². The molecule has 2 nitrogen and oxygen atoms in total. The Balaban J connectivity index is 1.61. The molecule has 1 aromatic carbocycles. The summed E-state index contributed by atoms with van der Waals surface area (Å²) in [6.07, 6.45) is 5.74. The molecule has 19 heavy (non-hydrogen) atoms. The van der Waals surface area contributed by atoms with Crippen LogP contribution in [0.25, 0.3) is 0 Å². The predicted octanol–water partition coefficient (Wildman–Crippen LogP) is 3.83. The van der Waals surface area contributed by atoms with Crippen LogP contribution in [0.1, 0.15) is 49.8 Å². The molecule has 2 fully saturated rings. The third-order valence-electron chi connectivity index (χ3n) is 5.06. The fourth-order valence-corrected chi connectivity index (χ4v) is 3.90. The number of nitrogens with two attached hydrogens (primary N) is 1. The minimum atomic E-state index is 0.0957. The molecule has 2 aliphatic rings. The van der Waals surface area contributed by atoms with Crippen LogP contribution in [0, 0.1) is 24.7 Å². The highest BCUT2D eigenvalue weighted by Crippen LogP contribution is 2.48. The van der Waals surface area contributed by atoms with Crippen molar-refractivity contribution < 1.29 is 4.74 Å².